The van der Waals surface area contributed by atoms with Gasteiger partial charge < -0.3 is 10.6 Å². The molecule has 2 amide bonds. The van der Waals surface area contributed by atoms with Crippen molar-refractivity contribution in [1.29, 1.82) is 5.26 Å². The molecule has 0 spiro atoms. The Morgan fingerprint density at radius 1 is 1.11 bits per heavy atom. The SMILES string of the molecule is CCC(Sc1cccc(NC(=O)c2cccs2)c1)C(=O)Nc1sc2c(c1C#N)CCC(c1ccccc1)C2. The van der Waals surface area contributed by atoms with E-state index in [2.05, 4.69) is 41.0 Å². The van der Waals surface area contributed by atoms with Crippen LogP contribution in [0.2, 0.25) is 0 Å². The number of fused-ring (bicyclic) bond motifs is 1. The van der Waals surface area contributed by atoms with Crippen molar-refractivity contribution in [1.82, 2.24) is 0 Å². The molecule has 1 aliphatic carbocycles. The lowest BCUT2D eigenvalue weighted by atomic mass is 9.83. The minimum atomic E-state index is -0.332. The van der Waals surface area contributed by atoms with E-state index in [0.29, 0.717) is 33.5 Å². The van der Waals surface area contributed by atoms with Gasteiger partial charge in [-0.25, -0.2) is 0 Å². The molecule has 8 heteroatoms. The predicted octanol–water partition coefficient (Wildman–Crippen LogP) is 7.72. The number of rotatable bonds is 8. The first-order chi connectivity index (χ1) is 18.6. The van der Waals surface area contributed by atoms with Gasteiger partial charge in [-0.1, -0.05) is 49.4 Å². The fourth-order valence-corrected chi connectivity index (χ4v) is 7.64. The summed E-state index contributed by atoms with van der Waals surface area (Å²) in [5.74, 6) is 0.177. The van der Waals surface area contributed by atoms with E-state index in [1.807, 2.05) is 48.7 Å². The minimum absolute atomic E-state index is 0.111. The topological polar surface area (TPSA) is 82.0 Å². The Hall–Kier alpha value is -3.38. The van der Waals surface area contributed by atoms with Crippen LogP contribution in [0.1, 0.15) is 56.9 Å². The van der Waals surface area contributed by atoms with Crippen LogP contribution < -0.4 is 10.6 Å². The lowest BCUT2D eigenvalue weighted by Gasteiger charge is -2.22. The number of nitriles is 1. The Balaban J connectivity index is 1.27. The normalized spacial score (nSPS) is 15.2. The first-order valence-corrected chi connectivity index (χ1v) is 15.1. The molecule has 2 unspecified atom stereocenters. The van der Waals surface area contributed by atoms with Crippen molar-refractivity contribution in [3.63, 3.8) is 0 Å². The number of anilines is 2. The van der Waals surface area contributed by atoms with Crippen LogP contribution in [0.15, 0.2) is 77.0 Å². The summed E-state index contributed by atoms with van der Waals surface area (Å²) in [6.07, 6.45) is 3.37. The molecule has 5 rings (SSSR count). The molecule has 0 saturated carbocycles. The van der Waals surface area contributed by atoms with Gasteiger partial charge in [0.2, 0.25) is 5.91 Å². The number of thiophene rings is 2. The lowest BCUT2D eigenvalue weighted by molar-refractivity contribution is -0.115. The van der Waals surface area contributed by atoms with E-state index in [1.165, 1.54) is 33.5 Å². The van der Waals surface area contributed by atoms with Gasteiger partial charge in [-0.3, -0.25) is 9.59 Å². The summed E-state index contributed by atoms with van der Waals surface area (Å²) < 4.78 is 0. The van der Waals surface area contributed by atoms with Gasteiger partial charge in [0.1, 0.15) is 11.1 Å². The predicted molar refractivity (Wildman–Crippen MR) is 158 cm³/mol. The molecule has 2 aromatic carbocycles. The van der Waals surface area contributed by atoms with E-state index in [-0.39, 0.29) is 17.1 Å². The van der Waals surface area contributed by atoms with Crippen molar-refractivity contribution in [2.75, 3.05) is 10.6 Å². The van der Waals surface area contributed by atoms with Crippen LogP contribution >= 0.6 is 34.4 Å². The standard InChI is InChI=1S/C30H27N3O2S3/c1-2-25(37-22-11-6-10-21(17-22)32-29(35)26-12-7-15-36-26)28(34)33-30-24(18-31)23-14-13-20(16-27(23)38-30)19-8-4-3-5-9-19/h3-12,15,17,20,25H,2,13-14,16H2,1H3,(H,32,35)(H,33,34). The molecule has 5 nitrogen and oxygen atoms in total. The lowest BCUT2D eigenvalue weighted by Crippen LogP contribution is -2.24. The average molecular weight is 558 g/mol. The molecule has 38 heavy (non-hydrogen) atoms. The zero-order valence-electron chi connectivity index (χ0n) is 20.9. The van der Waals surface area contributed by atoms with E-state index in [4.69, 9.17) is 0 Å². The van der Waals surface area contributed by atoms with Crippen LogP contribution in [-0.4, -0.2) is 17.1 Å². The summed E-state index contributed by atoms with van der Waals surface area (Å²) in [5, 5.41) is 18.1. The first-order valence-electron chi connectivity index (χ1n) is 12.6. The number of amides is 2. The second kappa shape index (κ2) is 12.0. The highest BCUT2D eigenvalue weighted by molar-refractivity contribution is 8.00. The van der Waals surface area contributed by atoms with Gasteiger partial charge in [-0.05, 0) is 72.4 Å². The van der Waals surface area contributed by atoms with E-state index in [0.717, 1.165) is 29.7 Å². The molecule has 0 fully saturated rings. The molecule has 192 valence electrons. The summed E-state index contributed by atoms with van der Waals surface area (Å²) in [5.41, 5.74) is 3.72. The summed E-state index contributed by atoms with van der Waals surface area (Å²) in [4.78, 5) is 28.5. The van der Waals surface area contributed by atoms with Crippen LogP contribution in [0.3, 0.4) is 0 Å². The summed E-state index contributed by atoms with van der Waals surface area (Å²) in [7, 11) is 0. The fourth-order valence-electron chi connectivity index (χ4n) is 4.73. The highest BCUT2D eigenvalue weighted by Gasteiger charge is 2.28. The molecular formula is C30H27N3O2S3. The molecule has 0 radical (unpaired) electrons. The molecule has 2 heterocycles. The number of carbonyl (C=O) groups excluding carboxylic acids is 2. The van der Waals surface area contributed by atoms with Crippen molar-refractivity contribution in [2.45, 2.75) is 48.7 Å². The number of nitrogens with one attached hydrogen (secondary N) is 2. The molecule has 2 N–H and O–H groups in total. The van der Waals surface area contributed by atoms with Crippen molar-refractivity contribution in [3.8, 4) is 6.07 Å². The maximum atomic E-state index is 13.3. The zero-order chi connectivity index (χ0) is 26.5. The van der Waals surface area contributed by atoms with Crippen LogP contribution in [-0.2, 0) is 17.6 Å². The third kappa shape index (κ3) is 5.86. The van der Waals surface area contributed by atoms with Crippen molar-refractivity contribution in [2.24, 2.45) is 0 Å². The fraction of sp³-hybridized carbons (Fsp3) is 0.233. The minimum Gasteiger partial charge on any atom is -0.321 e. The van der Waals surface area contributed by atoms with E-state index < -0.39 is 0 Å². The van der Waals surface area contributed by atoms with Crippen molar-refractivity contribution >= 4 is 56.9 Å². The van der Waals surface area contributed by atoms with Crippen LogP contribution in [0, 0.1) is 11.3 Å². The largest absolute Gasteiger partial charge is 0.321 e. The Bertz CT molecular complexity index is 1470. The number of nitrogens with zero attached hydrogens (tertiary/aromatic N) is 1. The van der Waals surface area contributed by atoms with Crippen molar-refractivity contribution < 1.29 is 9.59 Å². The number of carbonyl (C=O) groups is 2. The van der Waals surface area contributed by atoms with Gasteiger partial charge in [0, 0.05) is 15.5 Å². The second-order valence-corrected chi connectivity index (χ2v) is 12.5. The van der Waals surface area contributed by atoms with Crippen LogP contribution in [0.4, 0.5) is 10.7 Å². The highest BCUT2D eigenvalue weighted by Crippen LogP contribution is 2.42. The maximum Gasteiger partial charge on any atom is 0.265 e. The molecule has 0 aliphatic heterocycles. The van der Waals surface area contributed by atoms with Gasteiger partial charge >= 0.3 is 0 Å². The Kier molecular flexibility index (Phi) is 8.28. The van der Waals surface area contributed by atoms with E-state index in [1.54, 1.807) is 17.4 Å². The monoisotopic (exact) mass is 557 g/mol. The van der Waals surface area contributed by atoms with Gasteiger partial charge in [-0.2, -0.15) is 5.26 Å². The van der Waals surface area contributed by atoms with Crippen molar-refractivity contribution in [3.05, 3.63) is 98.6 Å². The molecule has 0 saturated heterocycles. The molecular weight excluding hydrogens is 531 g/mol. The number of thioether (sulfide) groups is 1. The first kappa shape index (κ1) is 26.2. The summed E-state index contributed by atoms with van der Waals surface area (Å²) >= 11 is 4.40. The summed E-state index contributed by atoms with van der Waals surface area (Å²) in [6, 6.07) is 24.1. The molecule has 4 aromatic rings. The average Bonchev–Trinajstić information content (AvgIpc) is 3.60. The number of benzene rings is 2. The Morgan fingerprint density at radius 3 is 2.68 bits per heavy atom. The van der Waals surface area contributed by atoms with Gasteiger partial charge in [0.25, 0.3) is 5.91 Å². The van der Waals surface area contributed by atoms with Gasteiger partial charge in [-0.15, -0.1) is 34.4 Å². The van der Waals surface area contributed by atoms with Gasteiger partial charge in [0.15, 0.2) is 0 Å². The summed E-state index contributed by atoms with van der Waals surface area (Å²) in [6.45, 7) is 1.98. The Labute approximate surface area is 234 Å². The smallest absolute Gasteiger partial charge is 0.265 e. The maximum absolute atomic E-state index is 13.3. The van der Waals surface area contributed by atoms with Crippen LogP contribution in [0.25, 0.3) is 0 Å². The molecule has 1 aliphatic rings. The number of hydrogen-bond donors (Lipinski definition) is 2. The van der Waals surface area contributed by atoms with E-state index in [9.17, 15) is 14.9 Å². The molecule has 0 bridgehead atoms. The molecule has 2 atom stereocenters. The number of hydrogen-bond acceptors (Lipinski definition) is 6. The zero-order valence-corrected chi connectivity index (χ0v) is 23.3. The second-order valence-electron chi connectivity index (χ2n) is 9.13. The van der Waals surface area contributed by atoms with Crippen LogP contribution in [0.5, 0.6) is 0 Å². The quantitative estimate of drug-likeness (QED) is 0.217. The highest BCUT2D eigenvalue weighted by atomic mass is 32.2. The third-order valence-corrected chi connectivity index (χ3v) is 10.1. The Morgan fingerprint density at radius 2 is 1.95 bits per heavy atom. The van der Waals surface area contributed by atoms with Gasteiger partial charge in [0.05, 0.1) is 15.7 Å². The van der Waals surface area contributed by atoms with E-state index >= 15 is 0 Å². The third-order valence-electron chi connectivity index (χ3n) is 6.66. The molecule has 2 aromatic heterocycles.